The Hall–Kier alpha value is -2.38. The lowest BCUT2D eigenvalue weighted by atomic mass is 10.1. The number of benzene rings is 1. The number of hydrogen-bond donors (Lipinski definition) is 2. The topological polar surface area (TPSA) is 84.9 Å². The Morgan fingerprint density at radius 3 is 2.67 bits per heavy atom. The van der Waals surface area contributed by atoms with E-state index in [-0.39, 0.29) is 23.6 Å². The summed E-state index contributed by atoms with van der Waals surface area (Å²) in [5.74, 6) is -0.559. The van der Waals surface area contributed by atoms with Crippen molar-refractivity contribution in [2.75, 3.05) is 13.2 Å². The highest BCUT2D eigenvalue weighted by atomic mass is 32.1. The molecule has 2 heterocycles. The zero-order valence-corrected chi connectivity index (χ0v) is 13.6. The molecule has 2 atom stereocenters. The Labute approximate surface area is 143 Å². The van der Waals surface area contributed by atoms with E-state index in [0.717, 1.165) is 0 Å². The predicted molar refractivity (Wildman–Crippen MR) is 88.8 cm³/mol. The third kappa shape index (κ3) is 3.93. The van der Waals surface area contributed by atoms with Crippen LogP contribution in [0.25, 0.3) is 0 Å². The van der Waals surface area contributed by atoms with Gasteiger partial charge in [-0.05, 0) is 35.7 Å². The standard InChI is InChI=1S/C17H17NO5S/c19-16(12-6-8-24-10-12)18-14-9-22-7-5-15(14)23-13-3-1-11(2-4-13)17(20)21/h1-4,6,8,10,14-15H,5,7,9H2,(H,18,19)(H,20,21)/t14-,15-/m1/s1. The van der Waals surface area contributed by atoms with Crippen LogP contribution in [0.4, 0.5) is 0 Å². The van der Waals surface area contributed by atoms with Gasteiger partial charge < -0.3 is 19.9 Å². The number of nitrogens with one attached hydrogen (secondary N) is 1. The van der Waals surface area contributed by atoms with Crippen molar-refractivity contribution in [3.05, 3.63) is 52.2 Å². The summed E-state index contributed by atoms with van der Waals surface area (Å²) >= 11 is 1.47. The molecule has 0 aliphatic carbocycles. The summed E-state index contributed by atoms with van der Waals surface area (Å²) in [6, 6.07) is 7.74. The van der Waals surface area contributed by atoms with Crippen molar-refractivity contribution in [3.8, 4) is 5.75 Å². The van der Waals surface area contributed by atoms with Gasteiger partial charge in [0.1, 0.15) is 11.9 Å². The molecule has 0 saturated carbocycles. The van der Waals surface area contributed by atoms with E-state index < -0.39 is 5.97 Å². The molecule has 24 heavy (non-hydrogen) atoms. The summed E-state index contributed by atoms with van der Waals surface area (Å²) in [5.41, 5.74) is 0.826. The maximum absolute atomic E-state index is 12.2. The van der Waals surface area contributed by atoms with Crippen LogP contribution in [0.3, 0.4) is 0 Å². The Morgan fingerprint density at radius 1 is 1.21 bits per heavy atom. The van der Waals surface area contributed by atoms with Crippen LogP contribution in [0.5, 0.6) is 5.75 Å². The fourth-order valence-electron chi connectivity index (χ4n) is 2.49. The number of carbonyl (C=O) groups is 2. The second-order valence-corrected chi connectivity index (χ2v) is 6.22. The summed E-state index contributed by atoms with van der Waals surface area (Å²) in [5, 5.41) is 15.5. The van der Waals surface area contributed by atoms with Crippen molar-refractivity contribution >= 4 is 23.2 Å². The quantitative estimate of drug-likeness (QED) is 0.868. The predicted octanol–water partition coefficient (Wildman–Crippen LogP) is 2.41. The number of amides is 1. The van der Waals surface area contributed by atoms with Gasteiger partial charge in [0.15, 0.2) is 0 Å². The Morgan fingerprint density at radius 2 is 2.00 bits per heavy atom. The third-order valence-corrected chi connectivity index (χ3v) is 4.46. The van der Waals surface area contributed by atoms with Crippen LogP contribution in [0, 0.1) is 0 Å². The Balaban J connectivity index is 1.65. The first-order chi connectivity index (χ1) is 11.6. The van der Waals surface area contributed by atoms with Crippen molar-refractivity contribution in [3.63, 3.8) is 0 Å². The number of carbonyl (C=O) groups excluding carboxylic acids is 1. The molecule has 1 aromatic carbocycles. The van der Waals surface area contributed by atoms with Crippen molar-refractivity contribution in [1.29, 1.82) is 0 Å². The van der Waals surface area contributed by atoms with E-state index in [2.05, 4.69) is 5.32 Å². The van der Waals surface area contributed by atoms with Crippen LogP contribution < -0.4 is 10.1 Å². The van der Waals surface area contributed by atoms with E-state index in [4.69, 9.17) is 14.6 Å². The summed E-state index contributed by atoms with van der Waals surface area (Å²) < 4.78 is 11.4. The smallest absolute Gasteiger partial charge is 0.335 e. The van der Waals surface area contributed by atoms with Crippen LogP contribution in [0.2, 0.25) is 0 Å². The first-order valence-corrected chi connectivity index (χ1v) is 8.48. The minimum atomic E-state index is -0.978. The summed E-state index contributed by atoms with van der Waals surface area (Å²) in [6.07, 6.45) is 0.423. The highest BCUT2D eigenvalue weighted by molar-refractivity contribution is 7.08. The van der Waals surface area contributed by atoms with Gasteiger partial charge in [-0.2, -0.15) is 11.3 Å². The Bertz CT molecular complexity index is 698. The second kappa shape index (κ2) is 7.46. The van der Waals surface area contributed by atoms with Crippen LogP contribution in [0.15, 0.2) is 41.1 Å². The summed E-state index contributed by atoms with van der Waals surface area (Å²) in [4.78, 5) is 23.1. The molecule has 0 radical (unpaired) electrons. The molecule has 1 aromatic heterocycles. The zero-order valence-electron chi connectivity index (χ0n) is 12.8. The first-order valence-electron chi connectivity index (χ1n) is 7.54. The second-order valence-electron chi connectivity index (χ2n) is 5.44. The van der Waals surface area contributed by atoms with Crippen LogP contribution in [-0.4, -0.2) is 42.3 Å². The molecule has 3 rings (SSSR count). The average Bonchev–Trinajstić information content (AvgIpc) is 3.12. The number of ether oxygens (including phenoxy) is 2. The van der Waals surface area contributed by atoms with Gasteiger partial charge in [-0.15, -0.1) is 0 Å². The van der Waals surface area contributed by atoms with Crippen molar-refractivity contribution in [2.24, 2.45) is 0 Å². The number of hydrogen-bond acceptors (Lipinski definition) is 5. The van der Waals surface area contributed by atoms with E-state index in [9.17, 15) is 9.59 Å². The zero-order chi connectivity index (χ0) is 16.9. The maximum atomic E-state index is 12.2. The van der Waals surface area contributed by atoms with Gasteiger partial charge in [-0.1, -0.05) is 0 Å². The minimum Gasteiger partial charge on any atom is -0.488 e. The van der Waals surface area contributed by atoms with E-state index in [0.29, 0.717) is 30.9 Å². The molecule has 1 fully saturated rings. The normalized spacial score (nSPS) is 20.3. The van der Waals surface area contributed by atoms with E-state index in [1.807, 2.05) is 5.38 Å². The third-order valence-electron chi connectivity index (χ3n) is 3.78. The molecular formula is C17H17NO5S. The lowest BCUT2D eigenvalue weighted by Crippen LogP contribution is -2.51. The maximum Gasteiger partial charge on any atom is 0.335 e. The lowest BCUT2D eigenvalue weighted by molar-refractivity contribution is -0.00288. The fourth-order valence-corrected chi connectivity index (χ4v) is 3.13. The monoisotopic (exact) mass is 347 g/mol. The number of aromatic carboxylic acids is 1. The van der Waals surface area contributed by atoms with Crippen LogP contribution in [-0.2, 0) is 4.74 Å². The average molecular weight is 347 g/mol. The van der Waals surface area contributed by atoms with Gasteiger partial charge in [0.05, 0.1) is 24.8 Å². The number of rotatable bonds is 5. The molecule has 126 valence electrons. The Kier molecular flexibility index (Phi) is 5.12. The number of carboxylic acid groups (broad SMARTS) is 1. The number of carboxylic acids is 1. The fraction of sp³-hybridized carbons (Fsp3) is 0.294. The lowest BCUT2D eigenvalue weighted by Gasteiger charge is -2.32. The van der Waals surface area contributed by atoms with Gasteiger partial charge in [-0.25, -0.2) is 4.79 Å². The molecule has 1 aliphatic heterocycles. The largest absolute Gasteiger partial charge is 0.488 e. The molecule has 2 aromatic rings. The van der Waals surface area contributed by atoms with E-state index >= 15 is 0 Å². The molecule has 1 aliphatic rings. The summed E-state index contributed by atoms with van der Waals surface area (Å²) in [6.45, 7) is 0.941. The van der Waals surface area contributed by atoms with Gasteiger partial charge in [-0.3, -0.25) is 4.79 Å². The van der Waals surface area contributed by atoms with Crippen molar-refractivity contribution in [1.82, 2.24) is 5.32 Å². The molecule has 1 saturated heterocycles. The van der Waals surface area contributed by atoms with E-state index in [1.165, 1.54) is 23.5 Å². The minimum absolute atomic E-state index is 0.151. The SMILES string of the molecule is O=C(O)c1ccc(O[C@@H]2CCOC[C@H]2NC(=O)c2ccsc2)cc1. The molecule has 2 N–H and O–H groups in total. The highest BCUT2D eigenvalue weighted by Crippen LogP contribution is 2.19. The van der Waals surface area contributed by atoms with Crippen molar-refractivity contribution < 1.29 is 24.2 Å². The van der Waals surface area contributed by atoms with Crippen molar-refractivity contribution in [2.45, 2.75) is 18.6 Å². The molecule has 6 nitrogen and oxygen atoms in total. The van der Waals surface area contributed by atoms with Gasteiger partial charge in [0, 0.05) is 17.4 Å². The summed E-state index contributed by atoms with van der Waals surface area (Å²) in [7, 11) is 0. The molecular weight excluding hydrogens is 330 g/mol. The van der Waals surface area contributed by atoms with Gasteiger partial charge >= 0.3 is 5.97 Å². The molecule has 1 amide bonds. The highest BCUT2D eigenvalue weighted by Gasteiger charge is 2.29. The first kappa shape index (κ1) is 16.5. The molecule has 0 unspecified atom stereocenters. The van der Waals surface area contributed by atoms with Gasteiger partial charge in [0.2, 0.25) is 0 Å². The molecule has 0 spiro atoms. The van der Waals surface area contributed by atoms with Crippen LogP contribution >= 0.6 is 11.3 Å². The molecule has 7 heteroatoms. The van der Waals surface area contributed by atoms with E-state index in [1.54, 1.807) is 23.6 Å². The molecule has 0 bridgehead atoms. The van der Waals surface area contributed by atoms with Gasteiger partial charge in [0.25, 0.3) is 5.91 Å². The number of thiophene rings is 1. The van der Waals surface area contributed by atoms with Crippen LogP contribution in [0.1, 0.15) is 27.1 Å².